The van der Waals surface area contributed by atoms with Crippen LogP contribution in [0, 0.1) is 23.1 Å². The van der Waals surface area contributed by atoms with Gasteiger partial charge in [0.25, 0.3) is 5.91 Å². The molecule has 2 aliphatic heterocycles. The number of carbonyl (C=O) groups is 4. The predicted molar refractivity (Wildman–Crippen MR) is 158 cm³/mol. The van der Waals surface area contributed by atoms with Gasteiger partial charge in [0, 0.05) is 13.0 Å². The van der Waals surface area contributed by atoms with E-state index >= 15 is 4.39 Å². The van der Waals surface area contributed by atoms with Crippen LogP contribution in [0.3, 0.4) is 0 Å². The van der Waals surface area contributed by atoms with E-state index in [2.05, 4.69) is 10.1 Å². The Morgan fingerprint density at radius 1 is 1.00 bits per heavy atom. The summed E-state index contributed by atoms with van der Waals surface area (Å²) < 4.78 is 27.5. The number of hydrogen-bond acceptors (Lipinski definition) is 9. The molecule has 45 heavy (non-hydrogen) atoms. The highest BCUT2D eigenvalue weighted by molar-refractivity contribution is 6.08. The van der Waals surface area contributed by atoms with Crippen LogP contribution in [0.4, 0.5) is 19.7 Å². The fraction of sp³-hybridized carbons (Fsp3) is 0.387. The van der Waals surface area contributed by atoms with Crippen molar-refractivity contribution in [2.75, 3.05) is 11.4 Å². The van der Waals surface area contributed by atoms with Gasteiger partial charge in [0.15, 0.2) is 0 Å². The molecule has 234 valence electrons. The van der Waals surface area contributed by atoms with E-state index in [0.717, 1.165) is 4.90 Å². The van der Waals surface area contributed by atoms with Gasteiger partial charge < -0.3 is 15.2 Å². The highest BCUT2D eigenvalue weighted by Crippen LogP contribution is 2.37. The summed E-state index contributed by atoms with van der Waals surface area (Å²) in [6, 6.07) is 7.35. The monoisotopic (exact) mass is 617 g/mol. The molecule has 2 N–H and O–H groups in total. The smallest absolute Gasteiger partial charge is 0.417 e. The lowest BCUT2D eigenvalue weighted by Gasteiger charge is -2.32. The van der Waals surface area contributed by atoms with Gasteiger partial charge in [0.1, 0.15) is 17.0 Å². The average molecular weight is 618 g/mol. The summed E-state index contributed by atoms with van der Waals surface area (Å²) in [5, 5.41) is 14.3. The molecule has 0 spiro atoms. The molecule has 1 aromatic carbocycles. The molecule has 0 saturated carbocycles. The minimum Gasteiger partial charge on any atom is -0.443 e. The second kappa shape index (κ2) is 11.0. The molecule has 13 nitrogen and oxygen atoms in total. The number of imide groups is 1. The van der Waals surface area contributed by atoms with E-state index in [4.69, 9.17) is 15.2 Å². The molecule has 0 saturated heterocycles. The van der Waals surface area contributed by atoms with E-state index < -0.39 is 46.9 Å². The number of ether oxygens (including phenoxy) is 2. The van der Waals surface area contributed by atoms with Gasteiger partial charge in [0.2, 0.25) is 5.91 Å². The number of anilines is 1. The zero-order valence-electron chi connectivity index (χ0n) is 25.7. The molecule has 2 aromatic heterocycles. The number of nitrogens with zero attached hydrogens (tertiary/aromatic N) is 6. The van der Waals surface area contributed by atoms with Crippen molar-refractivity contribution in [3.8, 4) is 23.0 Å². The Labute approximate surface area is 258 Å². The third-order valence-electron chi connectivity index (χ3n) is 7.01. The normalized spacial score (nSPS) is 16.1. The largest absolute Gasteiger partial charge is 0.443 e. The molecule has 5 rings (SSSR count). The van der Waals surface area contributed by atoms with Gasteiger partial charge >= 0.3 is 12.2 Å². The Balaban J connectivity index is 1.70. The Hall–Kier alpha value is -5.32. The number of aromatic nitrogens is 3. The molecule has 4 heterocycles. The summed E-state index contributed by atoms with van der Waals surface area (Å²) in [5.74, 6) is -2.86. The van der Waals surface area contributed by atoms with Gasteiger partial charge in [-0.2, -0.15) is 10.4 Å². The standard InChI is InChI=1S/C31H32FN7O6/c1-30(2,3)44-28(42)37-13-17(26(34)40)10-19-23(37)15-39(36-19)22-11-20(24-16(12-33)8-7-9-18(24)32)35-21-14-38(27(41)25(21)22)29(43)45-31(4,5)6/h7-9,11,15,17H,10,13-14H2,1-6H3,(H2,34,40). The molecular weight excluding hydrogens is 585 g/mol. The number of fused-ring (bicyclic) bond motifs is 2. The van der Waals surface area contributed by atoms with Crippen LogP contribution >= 0.6 is 0 Å². The fourth-order valence-corrected chi connectivity index (χ4v) is 5.13. The fourth-order valence-electron chi connectivity index (χ4n) is 5.13. The van der Waals surface area contributed by atoms with Crippen LogP contribution in [0.2, 0.25) is 0 Å². The van der Waals surface area contributed by atoms with E-state index in [1.165, 1.54) is 40.0 Å². The van der Waals surface area contributed by atoms with Crippen LogP contribution in [0.25, 0.3) is 16.9 Å². The van der Waals surface area contributed by atoms with Crippen molar-refractivity contribution in [3.05, 3.63) is 58.8 Å². The van der Waals surface area contributed by atoms with Crippen LogP contribution in [-0.2, 0) is 27.2 Å². The van der Waals surface area contributed by atoms with Crippen LogP contribution in [-0.4, -0.2) is 61.4 Å². The molecule has 2 aliphatic rings. The van der Waals surface area contributed by atoms with Crippen molar-refractivity contribution in [2.45, 2.75) is 65.7 Å². The molecule has 0 aliphatic carbocycles. The maximum absolute atomic E-state index is 15.2. The van der Waals surface area contributed by atoms with Gasteiger partial charge in [-0.05, 0) is 59.7 Å². The molecule has 14 heteroatoms. The van der Waals surface area contributed by atoms with Gasteiger partial charge in [-0.25, -0.2) is 28.5 Å². The Morgan fingerprint density at radius 2 is 1.64 bits per heavy atom. The lowest BCUT2D eigenvalue weighted by Crippen LogP contribution is -2.46. The molecule has 1 atom stereocenters. The minimum atomic E-state index is -0.901. The summed E-state index contributed by atoms with van der Waals surface area (Å²) in [6.45, 7) is 9.74. The molecular formula is C31H32FN7O6. The lowest BCUT2D eigenvalue weighted by atomic mass is 9.97. The Bertz CT molecular complexity index is 1800. The molecule has 3 aromatic rings. The Morgan fingerprint density at radius 3 is 2.24 bits per heavy atom. The van der Waals surface area contributed by atoms with Crippen molar-refractivity contribution >= 4 is 29.7 Å². The van der Waals surface area contributed by atoms with Crippen LogP contribution in [0.1, 0.15) is 68.9 Å². The van der Waals surface area contributed by atoms with E-state index in [1.54, 1.807) is 41.5 Å². The van der Waals surface area contributed by atoms with Crippen molar-refractivity contribution in [1.29, 1.82) is 5.26 Å². The van der Waals surface area contributed by atoms with Crippen molar-refractivity contribution in [3.63, 3.8) is 0 Å². The highest BCUT2D eigenvalue weighted by atomic mass is 19.1. The molecule has 1 unspecified atom stereocenters. The zero-order valence-corrected chi connectivity index (χ0v) is 25.7. The van der Waals surface area contributed by atoms with E-state index in [9.17, 15) is 24.4 Å². The first-order valence-electron chi connectivity index (χ1n) is 14.1. The average Bonchev–Trinajstić information content (AvgIpc) is 3.51. The van der Waals surface area contributed by atoms with Crippen LogP contribution in [0.5, 0.6) is 0 Å². The predicted octanol–water partition coefficient (Wildman–Crippen LogP) is 4.24. The number of amides is 4. The number of nitriles is 1. The minimum absolute atomic E-state index is 0.00174. The SMILES string of the molecule is CC(C)(C)OC(=O)N1Cc2nc(-c3c(F)cccc3C#N)cc(-n3cc4c(n3)CC(C(N)=O)CN4C(=O)OC(C)(C)C)c2C1=O. The van der Waals surface area contributed by atoms with Gasteiger partial charge in [-0.1, -0.05) is 6.07 Å². The first kappa shape index (κ1) is 31.1. The number of pyridine rings is 1. The van der Waals surface area contributed by atoms with Gasteiger partial charge in [-0.3, -0.25) is 14.5 Å². The number of nitrogens with two attached hydrogens (primary N) is 1. The second-order valence-corrected chi connectivity index (χ2v) is 12.8. The second-order valence-electron chi connectivity index (χ2n) is 12.8. The molecule has 0 bridgehead atoms. The maximum atomic E-state index is 15.2. The lowest BCUT2D eigenvalue weighted by molar-refractivity contribution is -0.121. The first-order valence-corrected chi connectivity index (χ1v) is 14.1. The third-order valence-corrected chi connectivity index (χ3v) is 7.01. The number of benzene rings is 1. The van der Waals surface area contributed by atoms with Crippen molar-refractivity contribution in [1.82, 2.24) is 19.7 Å². The number of rotatable bonds is 3. The third kappa shape index (κ3) is 6.06. The molecule has 0 fully saturated rings. The van der Waals surface area contributed by atoms with E-state index in [-0.39, 0.29) is 53.3 Å². The van der Waals surface area contributed by atoms with Crippen molar-refractivity contribution < 1.29 is 33.0 Å². The zero-order chi connectivity index (χ0) is 33.0. The summed E-state index contributed by atoms with van der Waals surface area (Å²) in [7, 11) is 0. The first-order chi connectivity index (χ1) is 21.0. The van der Waals surface area contributed by atoms with Crippen LogP contribution in [0.15, 0.2) is 30.5 Å². The summed E-state index contributed by atoms with van der Waals surface area (Å²) in [6.07, 6.45) is -0.0545. The Kier molecular flexibility index (Phi) is 7.60. The van der Waals surface area contributed by atoms with E-state index in [0.29, 0.717) is 11.4 Å². The number of halogens is 1. The topological polar surface area (TPSA) is 174 Å². The maximum Gasteiger partial charge on any atom is 0.417 e. The molecule has 0 radical (unpaired) electrons. The summed E-state index contributed by atoms with van der Waals surface area (Å²) in [5.41, 5.74) is 4.65. The van der Waals surface area contributed by atoms with E-state index in [1.807, 2.05) is 6.07 Å². The van der Waals surface area contributed by atoms with Crippen molar-refractivity contribution in [2.24, 2.45) is 11.7 Å². The van der Waals surface area contributed by atoms with Gasteiger partial charge in [-0.15, -0.1) is 0 Å². The summed E-state index contributed by atoms with van der Waals surface area (Å²) >= 11 is 0. The number of primary amides is 1. The number of hydrogen-bond donors (Lipinski definition) is 1. The quantitative estimate of drug-likeness (QED) is 0.451. The van der Waals surface area contributed by atoms with Crippen LogP contribution < -0.4 is 10.6 Å². The van der Waals surface area contributed by atoms with Gasteiger partial charge in [0.05, 0.1) is 69.9 Å². The highest BCUT2D eigenvalue weighted by Gasteiger charge is 2.41. The summed E-state index contributed by atoms with van der Waals surface area (Å²) in [4.78, 5) is 58.9. The molecule has 4 amide bonds. The number of carbonyl (C=O) groups excluding carboxylic acids is 4.